The van der Waals surface area contributed by atoms with Crippen LogP contribution in [0.5, 0.6) is 0 Å². The molecule has 19 heteroatoms. The minimum atomic E-state index is -1.31. The molecule has 3 aromatic carbocycles. The number of ketones is 1. The molecule has 5 N–H and O–H groups in total. The van der Waals surface area contributed by atoms with Gasteiger partial charge in [-0.1, -0.05) is 43.3 Å². The van der Waals surface area contributed by atoms with Crippen molar-refractivity contribution in [3.8, 4) is 10.4 Å². The summed E-state index contributed by atoms with van der Waals surface area (Å²) < 4.78 is 54.9. The van der Waals surface area contributed by atoms with E-state index in [0.29, 0.717) is 53.1 Å². The van der Waals surface area contributed by atoms with Crippen LogP contribution in [0.2, 0.25) is 0 Å². The summed E-state index contributed by atoms with van der Waals surface area (Å²) in [7, 11) is 0. The molecule has 0 spiro atoms. The van der Waals surface area contributed by atoms with Crippen LogP contribution in [0.25, 0.3) is 10.4 Å². The fourth-order valence-electron chi connectivity index (χ4n) is 7.71. The number of nitrogens with zero attached hydrogens (tertiary/aromatic N) is 3. The van der Waals surface area contributed by atoms with E-state index in [4.69, 9.17) is 9.26 Å². The molecule has 0 aliphatic carbocycles. The van der Waals surface area contributed by atoms with Crippen molar-refractivity contribution in [3.63, 3.8) is 0 Å². The number of aromatic nitrogens is 2. The highest BCUT2D eigenvalue weighted by molar-refractivity contribution is 14.1. The summed E-state index contributed by atoms with van der Waals surface area (Å²) >= 11 is 3.43. The van der Waals surface area contributed by atoms with Crippen LogP contribution >= 0.6 is 33.9 Å². The molecule has 0 unspecified atom stereocenters. The third-order valence-corrected chi connectivity index (χ3v) is 12.7. The first kappa shape index (κ1) is 50.2. The smallest absolute Gasteiger partial charge is 0.243 e. The number of anilines is 2. The second-order valence-electron chi connectivity index (χ2n) is 16.5. The number of β-amino-alcohol motifs (C(OH)–C–C–N with tert-alkyl or cyclic N) is 1. The van der Waals surface area contributed by atoms with E-state index in [1.54, 1.807) is 24.6 Å². The van der Waals surface area contributed by atoms with Crippen molar-refractivity contribution in [2.75, 3.05) is 44.7 Å². The minimum Gasteiger partial charge on any atom is -0.391 e. The number of ether oxygens (including phenoxy) is 1. The summed E-state index contributed by atoms with van der Waals surface area (Å²) in [5, 5.41) is 26.4. The predicted molar refractivity (Wildman–Crippen MR) is 252 cm³/mol. The van der Waals surface area contributed by atoms with E-state index in [1.165, 1.54) is 28.4 Å². The summed E-state index contributed by atoms with van der Waals surface area (Å²) in [6, 6.07) is 13.6. The van der Waals surface area contributed by atoms with E-state index >= 15 is 0 Å². The molecule has 1 fully saturated rings. The lowest BCUT2D eigenvalue weighted by Crippen LogP contribution is -2.49. The van der Waals surface area contributed by atoms with Crippen LogP contribution in [0, 0.1) is 40.8 Å². The number of aliphatic hydroxyl groups excluding tert-OH is 1. The number of carbonyl (C=O) groups is 4. The lowest BCUT2D eigenvalue weighted by atomic mass is 9.91. The van der Waals surface area contributed by atoms with E-state index in [1.807, 2.05) is 67.6 Å². The Bertz CT molecular complexity index is 2490. The average molecular weight is 1040 g/mol. The third-order valence-electron chi connectivity index (χ3n) is 11.1. The molecular weight excluding hydrogens is 991 g/mol. The van der Waals surface area contributed by atoms with Crippen molar-refractivity contribution in [3.05, 3.63) is 115 Å². The number of benzene rings is 3. The second-order valence-corrected chi connectivity index (χ2v) is 18.6. The number of likely N-dealkylation sites (tertiary alicyclic amines) is 1. The van der Waals surface area contributed by atoms with Gasteiger partial charge in [-0.3, -0.25) is 19.2 Å². The summed E-state index contributed by atoms with van der Waals surface area (Å²) in [4.78, 5) is 61.2. The quantitative estimate of drug-likeness (QED) is 0.0262. The Morgan fingerprint density at radius 2 is 1.74 bits per heavy atom. The minimum absolute atomic E-state index is 0.0279. The zero-order valence-electron chi connectivity index (χ0n) is 37.0. The number of hydrogen-bond acceptors (Lipinski definition) is 12. The number of carbonyl (C=O) groups excluding carboxylic acids is 4. The van der Waals surface area contributed by atoms with E-state index in [2.05, 4.69) is 31.4 Å². The Labute approximate surface area is 398 Å². The van der Waals surface area contributed by atoms with Gasteiger partial charge in [-0.05, 0) is 110 Å². The highest BCUT2D eigenvalue weighted by atomic mass is 127. The molecule has 5 aromatic rings. The normalized spacial score (nSPS) is 15.8. The molecule has 3 amide bonds. The van der Waals surface area contributed by atoms with Crippen LogP contribution in [0.1, 0.15) is 84.6 Å². The van der Waals surface area contributed by atoms with Gasteiger partial charge in [-0.25, -0.2) is 18.2 Å². The third kappa shape index (κ3) is 13.0. The summed E-state index contributed by atoms with van der Waals surface area (Å²) in [5.74, 6) is -5.46. The van der Waals surface area contributed by atoms with E-state index in [9.17, 15) is 37.5 Å². The summed E-state index contributed by atoms with van der Waals surface area (Å²) in [6.45, 7) is 8.62. The Morgan fingerprint density at radius 1 is 0.985 bits per heavy atom. The van der Waals surface area contributed by atoms with Gasteiger partial charge in [0, 0.05) is 41.3 Å². The van der Waals surface area contributed by atoms with Crippen molar-refractivity contribution in [1.29, 1.82) is 0 Å². The zero-order valence-corrected chi connectivity index (χ0v) is 39.9. The van der Waals surface area contributed by atoms with Crippen LogP contribution < -0.4 is 21.3 Å². The van der Waals surface area contributed by atoms with Gasteiger partial charge in [0.05, 0.1) is 51.7 Å². The fraction of sp³-hybridized carbons (Fsp3) is 0.404. The van der Waals surface area contributed by atoms with Gasteiger partial charge in [0.1, 0.15) is 30.1 Å². The molecule has 4 atom stereocenters. The molecule has 352 valence electrons. The van der Waals surface area contributed by atoms with Crippen molar-refractivity contribution < 1.29 is 46.7 Å². The Morgan fingerprint density at radius 3 is 2.42 bits per heavy atom. The molecule has 0 saturated carbocycles. The van der Waals surface area contributed by atoms with Gasteiger partial charge in [0.15, 0.2) is 17.4 Å². The first-order valence-corrected chi connectivity index (χ1v) is 23.6. The van der Waals surface area contributed by atoms with Crippen LogP contribution in [0.4, 0.5) is 24.5 Å². The van der Waals surface area contributed by atoms with Crippen LogP contribution in [-0.2, 0) is 19.1 Å². The first-order chi connectivity index (χ1) is 31.6. The van der Waals surface area contributed by atoms with Crippen LogP contribution in [0.3, 0.4) is 0 Å². The highest BCUT2D eigenvalue weighted by Gasteiger charge is 2.43. The Hall–Kier alpha value is -5.22. The first-order valence-electron chi connectivity index (χ1n) is 21.6. The monoisotopic (exact) mass is 1040 g/mol. The summed E-state index contributed by atoms with van der Waals surface area (Å²) in [6.07, 6.45) is 0.131. The van der Waals surface area contributed by atoms with E-state index < -0.39 is 65.5 Å². The van der Waals surface area contributed by atoms with E-state index in [-0.39, 0.29) is 55.0 Å². The molecule has 1 aliphatic heterocycles. The number of rotatable bonds is 22. The maximum Gasteiger partial charge on any atom is 0.243 e. The van der Waals surface area contributed by atoms with Gasteiger partial charge in [-0.15, -0.1) is 11.3 Å². The number of aliphatic hydroxyl groups is 1. The number of halogens is 4. The number of thiazole rings is 1. The molecule has 6 rings (SSSR count). The molecule has 3 heterocycles. The average Bonchev–Trinajstić information content (AvgIpc) is 4.02. The second kappa shape index (κ2) is 23.5. The molecule has 2 aromatic heterocycles. The Balaban J connectivity index is 0.980. The molecule has 66 heavy (non-hydrogen) atoms. The number of amides is 3. The largest absolute Gasteiger partial charge is 0.391 e. The fourth-order valence-corrected chi connectivity index (χ4v) is 8.98. The van der Waals surface area contributed by atoms with Gasteiger partial charge < -0.3 is 40.5 Å². The number of aryl methyl sites for hydroxylation is 2. The number of Topliss-reactive ketones (excluding diaryl/α,β-unsaturated/α-hetero) is 1. The highest BCUT2D eigenvalue weighted by Crippen LogP contribution is 2.33. The van der Waals surface area contributed by atoms with Crippen LogP contribution in [-0.4, -0.2) is 95.2 Å². The zero-order chi connectivity index (χ0) is 47.5. The van der Waals surface area contributed by atoms with Crippen molar-refractivity contribution in [2.24, 2.45) is 5.92 Å². The molecular formula is C47H53F3IN7O7S. The standard InChI is InChI=1S/C47H53F3IN7O7S/c1-26(2)42(40-19-27(3)57-65-40)47(63)58-23-32(59)21-38(58)46(62)56-37(29-7-9-30(10-8-29)45-28(4)54-25-66-45)22-41(61)53-17-5-15-52-16-6-18-64-24-39(60)33-12-13-34(48)43(50)44(33)55-36-14-11-31(51)20-35(36)49/h7-14,19-20,25-26,32,37-38,42,52,55,59H,5-6,15-18,21-24H2,1-4H3,(H,53,61)(H,56,62)/t32-,37+,38+,42-/m1/s1. The topological polar surface area (TPSA) is 188 Å². The molecule has 1 saturated heterocycles. The van der Waals surface area contributed by atoms with Crippen molar-refractivity contribution in [1.82, 2.24) is 31.0 Å². The van der Waals surface area contributed by atoms with E-state index in [0.717, 1.165) is 28.3 Å². The van der Waals surface area contributed by atoms with Gasteiger partial charge in [0.25, 0.3) is 0 Å². The van der Waals surface area contributed by atoms with Crippen molar-refractivity contribution >= 4 is 68.8 Å². The number of nitrogens with one attached hydrogen (secondary N) is 4. The molecule has 0 bridgehead atoms. The van der Waals surface area contributed by atoms with Gasteiger partial charge in [-0.2, -0.15) is 0 Å². The molecule has 1 aliphatic rings. The summed E-state index contributed by atoms with van der Waals surface area (Å²) in [5.41, 5.74) is 4.14. The molecule has 14 nitrogen and oxygen atoms in total. The van der Waals surface area contributed by atoms with Gasteiger partial charge >= 0.3 is 0 Å². The lowest BCUT2D eigenvalue weighted by Gasteiger charge is -2.30. The SMILES string of the molecule is Cc1cc([C@H](C(=O)N2C[C@H](O)C[C@H]2C(=O)N[C@@H](CC(=O)NCCCNCCCOCC(=O)c2ccc(F)c(F)c2Nc2ccc(I)cc2F)c2ccc(-c3scnc3C)cc2)C(C)C)on1. The molecule has 0 radical (unpaired) electrons. The maximum atomic E-state index is 14.8. The van der Waals surface area contributed by atoms with Crippen LogP contribution in [0.15, 0.2) is 70.7 Å². The lowest BCUT2D eigenvalue weighted by molar-refractivity contribution is -0.141. The maximum absolute atomic E-state index is 14.8. The van der Waals surface area contributed by atoms with Gasteiger partial charge in [0.2, 0.25) is 17.7 Å². The number of hydrogen-bond donors (Lipinski definition) is 5. The Kier molecular flexibility index (Phi) is 17.9. The van der Waals surface area contributed by atoms with Crippen molar-refractivity contribution in [2.45, 2.75) is 77.5 Å². The predicted octanol–water partition coefficient (Wildman–Crippen LogP) is 7.51.